The summed E-state index contributed by atoms with van der Waals surface area (Å²) in [5, 5.41) is 9.65. The number of aliphatic hydroxyl groups excluding tert-OH is 1. The topological polar surface area (TPSA) is 37.3 Å². The molecule has 2 nitrogen and oxygen atoms in total. The van der Waals surface area contributed by atoms with Crippen molar-refractivity contribution in [2.24, 2.45) is 5.92 Å². The molecule has 94 valence electrons. The van der Waals surface area contributed by atoms with Gasteiger partial charge >= 0.3 is 0 Å². The van der Waals surface area contributed by atoms with Crippen molar-refractivity contribution in [3.8, 4) is 0 Å². The van der Waals surface area contributed by atoms with E-state index in [1.54, 1.807) is 11.8 Å². The maximum atomic E-state index is 12.0. The Kier molecular flexibility index (Phi) is 5.72. The van der Waals surface area contributed by atoms with E-state index in [0.29, 0.717) is 17.2 Å². The summed E-state index contributed by atoms with van der Waals surface area (Å²) in [6, 6.07) is 7.65. The van der Waals surface area contributed by atoms with Gasteiger partial charge in [0.25, 0.3) is 0 Å². The van der Waals surface area contributed by atoms with Crippen LogP contribution in [-0.2, 0) is 0 Å². The first kappa shape index (κ1) is 14.3. The number of rotatable bonds is 6. The summed E-state index contributed by atoms with van der Waals surface area (Å²) in [6.07, 6.45) is 0.678. The number of aliphatic hydroxyl groups is 1. The van der Waals surface area contributed by atoms with Gasteiger partial charge in [-0.2, -0.15) is 0 Å². The number of Topliss-reactive ketones (excluding diaryl/α,β-unsaturated/α-hetero) is 1. The molecule has 0 heterocycles. The summed E-state index contributed by atoms with van der Waals surface area (Å²) in [6.45, 7) is 6.13. The second-order valence-electron chi connectivity index (χ2n) is 4.34. The molecule has 1 aromatic carbocycles. The number of carbonyl (C=O) groups excluding carboxylic acids is 1. The first-order valence-electron chi connectivity index (χ1n) is 6.00. The first-order valence-corrected chi connectivity index (χ1v) is 6.88. The quantitative estimate of drug-likeness (QED) is 0.623. The summed E-state index contributed by atoms with van der Waals surface area (Å²) in [7, 11) is 0. The van der Waals surface area contributed by atoms with Crippen LogP contribution in [0.3, 0.4) is 0 Å². The molecule has 0 aliphatic rings. The normalized spacial score (nSPS) is 12.8. The van der Waals surface area contributed by atoms with Crippen molar-refractivity contribution in [1.82, 2.24) is 0 Å². The third-order valence-electron chi connectivity index (χ3n) is 2.59. The van der Waals surface area contributed by atoms with E-state index in [1.165, 1.54) is 4.90 Å². The Morgan fingerprint density at radius 1 is 1.29 bits per heavy atom. The molecular formula is C14H20O2S. The first-order chi connectivity index (χ1) is 8.08. The van der Waals surface area contributed by atoms with Crippen molar-refractivity contribution in [2.45, 2.75) is 37.3 Å². The fourth-order valence-corrected chi connectivity index (χ4v) is 2.44. The average molecular weight is 252 g/mol. The lowest BCUT2D eigenvalue weighted by Crippen LogP contribution is -2.17. The molecule has 0 saturated carbocycles. The largest absolute Gasteiger partial charge is 0.396 e. The smallest absolute Gasteiger partial charge is 0.168 e. The minimum Gasteiger partial charge on any atom is -0.396 e. The SMILES string of the molecule is CCC(CO)C(=O)c1ccc(SC(C)C)cc1. The van der Waals surface area contributed by atoms with Crippen LogP contribution >= 0.6 is 11.8 Å². The molecule has 0 aliphatic carbocycles. The zero-order valence-electron chi connectivity index (χ0n) is 10.6. The second kappa shape index (κ2) is 6.82. The molecule has 3 heteroatoms. The summed E-state index contributed by atoms with van der Waals surface area (Å²) in [4.78, 5) is 13.1. The van der Waals surface area contributed by atoms with Gasteiger partial charge in [-0.15, -0.1) is 11.8 Å². The Morgan fingerprint density at radius 2 is 1.88 bits per heavy atom. The van der Waals surface area contributed by atoms with Crippen molar-refractivity contribution in [3.05, 3.63) is 29.8 Å². The van der Waals surface area contributed by atoms with Crippen LogP contribution in [0.5, 0.6) is 0 Å². The van der Waals surface area contributed by atoms with Crippen LogP contribution < -0.4 is 0 Å². The van der Waals surface area contributed by atoms with Crippen molar-refractivity contribution >= 4 is 17.5 Å². The van der Waals surface area contributed by atoms with Gasteiger partial charge in [0.1, 0.15) is 0 Å². The fraction of sp³-hybridized carbons (Fsp3) is 0.500. The highest BCUT2D eigenvalue weighted by Crippen LogP contribution is 2.23. The van der Waals surface area contributed by atoms with E-state index < -0.39 is 0 Å². The molecule has 1 unspecified atom stereocenters. The molecule has 1 N–H and O–H groups in total. The van der Waals surface area contributed by atoms with Gasteiger partial charge in [-0.25, -0.2) is 0 Å². The van der Waals surface area contributed by atoms with Crippen LogP contribution in [0.15, 0.2) is 29.2 Å². The Labute approximate surface area is 107 Å². The number of hydrogen-bond acceptors (Lipinski definition) is 3. The molecule has 0 radical (unpaired) electrons. The van der Waals surface area contributed by atoms with Gasteiger partial charge in [-0.3, -0.25) is 4.79 Å². The average Bonchev–Trinajstić information content (AvgIpc) is 2.30. The molecule has 0 aliphatic heterocycles. The Morgan fingerprint density at radius 3 is 2.29 bits per heavy atom. The molecule has 1 rings (SSSR count). The van der Waals surface area contributed by atoms with Crippen molar-refractivity contribution < 1.29 is 9.90 Å². The maximum absolute atomic E-state index is 12.0. The maximum Gasteiger partial charge on any atom is 0.168 e. The molecular weight excluding hydrogens is 232 g/mol. The Hall–Kier alpha value is -0.800. The number of carbonyl (C=O) groups is 1. The molecule has 0 saturated heterocycles. The monoisotopic (exact) mass is 252 g/mol. The lowest BCUT2D eigenvalue weighted by molar-refractivity contribution is 0.0856. The highest BCUT2D eigenvalue weighted by atomic mass is 32.2. The predicted octanol–water partition coefficient (Wildman–Crippen LogP) is 3.39. The molecule has 0 aromatic heterocycles. The lowest BCUT2D eigenvalue weighted by Gasteiger charge is -2.11. The third-order valence-corrected chi connectivity index (χ3v) is 3.61. The zero-order chi connectivity index (χ0) is 12.8. The zero-order valence-corrected chi connectivity index (χ0v) is 11.5. The molecule has 0 amide bonds. The summed E-state index contributed by atoms with van der Waals surface area (Å²) >= 11 is 1.78. The van der Waals surface area contributed by atoms with Crippen molar-refractivity contribution in [1.29, 1.82) is 0 Å². The minimum atomic E-state index is -0.265. The number of ketones is 1. The van der Waals surface area contributed by atoms with Crippen LogP contribution in [0.1, 0.15) is 37.6 Å². The van der Waals surface area contributed by atoms with E-state index in [4.69, 9.17) is 5.11 Å². The van der Waals surface area contributed by atoms with Crippen LogP contribution in [0.2, 0.25) is 0 Å². The molecule has 0 bridgehead atoms. The third kappa shape index (κ3) is 4.17. The van der Waals surface area contributed by atoms with Crippen molar-refractivity contribution in [2.75, 3.05) is 6.61 Å². The summed E-state index contributed by atoms with van der Waals surface area (Å²) < 4.78 is 0. The van der Waals surface area contributed by atoms with Crippen LogP contribution in [-0.4, -0.2) is 22.7 Å². The molecule has 0 spiro atoms. The van der Waals surface area contributed by atoms with E-state index in [1.807, 2.05) is 31.2 Å². The highest BCUT2D eigenvalue weighted by molar-refractivity contribution is 7.99. The number of thioether (sulfide) groups is 1. The van der Waals surface area contributed by atoms with Crippen LogP contribution in [0, 0.1) is 5.92 Å². The molecule has 1 aromatic rings. The molecule has 1 atom stereocenters. The summed E-state index contributed by atoms with van der Waals surface area (Å²) in [5.74, 6) is -0.227. The van der Waals surface area contributed by atoms with E-state index in [9.17, 15) is 4.79 Å². The summed E-state index contributed by atoms with van der Waals surface area (Å²) in [5.41, 5.74) is 0.694. The minimum absolute atomic E-state index is 0.0381. The van der Waals surface area contributed by atoms with E-state index in [-0.39, 0.29) is 18.3 Å². The standard InChI is InChI=1S/C14H20O2S/c1-4-11(9-15)14(16)12-5-7-13(8-6-12)17-10(2)3/h5-8,10-11,15H,4,9H2,1-3H3. The molecule has 0 fully saturated rings. The van der Waals surface area contributed by atoms with Gasteiger partial charge in [0.15, 0.2) is 5.78 Å². The Balaban J connectivity index is 2.76. The van der Waals surface area contributed by atoms with Crippen LogP contribution in [0.4, 0.5) is 0 Å². The fourth-order valence-electron chi connectivity index (χ4n) is 1.60. The molecule has 17 heavy (non-hydrogen) atoms. The number of hydrogen-bond donors (Lipinski definition) is 1. The predicted molar refractivity (Wildman–Crippen MR) is 72.6 cm³/mol. The van der Waals surface area contributed by atoms with E-state index in [0.717, 1.165) is 0 Å². The van der Waals surface area contributed by atoms with Gasteiger partial charge in [0.2, 0.25) is 0 Å². The van der Waals surface area contributed by atoms with Gasteiger partial charge in [-0.05, 0) is 18.6 Å². The second-order valence-corrected chi connectivity index (χ2v) is 5.99. The lowest BCUT2D eigenvalue weighted by atomic mass is 9.96. The van der Waals surface area contributed by atoms with Crippen molar-refractivity contribution in [3.63, 3.8) is 0 Å². The highest BCUT2D eigenvalue weighted by Gasteiger charge is 2.16. The Bertz CT molecular complexity index is 353. The van der Waals surface area contributed by atoms with Gasteiger partial charge in [0.05, 0.1) is 6.61 Å². The van der Waals surface area contributed by atoms with E-state index >= 15 is 0 Å². The van der Waals surface area contributed by atoms with Crippen LogP contribution in [0.25, 0.3) is 0 Å². The van der Waals surface area contributed by atoms with Gasteiger partial charge < -0.3 is 5.11 Å². The van der Waals surface area contributed by atoms with Gasteiger partial charge in [0, 0.05) is 21.6 Å². The van der Waals surface area contributed by atoms with Gasteiger partial charge in [-0.1, -0.05) is 32.9 Å². The van der Waals surface area contributed by atoms with E-state index in [2.05, 4.69) is 13.8 Å². The number of benzene rings is 1.